The first-order valence-electron chi connectivity index (χ1n) is 12.0. The predicted molar refractivity (Wildman–Crippen MR) is 137 cm³/mol. The molecule has 1 heterocycles. The number of benzene rings is 3. The fraction of sp³-hybridized carbons (Fsp3) is 0.250. The van der Waals surface area contributed by atoms with Crippen molar-refractivity contribution in [3.05, 3.63) is 84.2 Å². The maximum Gasteiger partial charge on any atom is 0.332 e. The van der Waals surface area contributed by atoms with Gasteiger partial charge in [0.2, 0.25) is 5.91 Å². The van der Waals surface area contributed by atoms with Crippen molar-refractivity contribution in [3.8, 4) is 11.5 Å². The van der Waals surface area contributed by atoms with E-state index in [4.69, 9.17) is 9.47 Å². The van der Waals surface area contributed by atoms with Crippen molar-refractivity contribution in [3.63, 3.8) is 0 Å². The van der Waals surface area contributed by atoms with E-state index in [2.05, 4.69) is 5.32 Å². The third-order valence-electron chi connectivity index (χ3n) is 6.03. The van der Waals surface area contributed by atoms with E-state index < -0.39 is 29.7 Å². The van der Waals surface area contributed by atoms with Crippen LogP contribution in [-0.4, -0.2) is 49.0 Å². The molecule has 1 unspecified atom stereocenters. The molecule has 1 fully saturated rings. The van der Waals surface area contributed by atoms with E-state index in [1.807, 2.05) is 31.2 Å². The molecule has 3 aromatic rings. The van der Waals surface area contributed by atoms with Gasteiger partial charge in [-0.25, -0.2) is 14.1 Å². The summed E-state index contributed by atoms with van der Waals surface area (Å²) < 4.78 is 24.1. The summed E-state index contributed by atoms with van der Waals surface area (Å²) in [7, 11) is 1.58. The summed E-state index contributed by atoms with van der Waals surface area (Å²) in [6.07, 6.45) is 0.245. The summed E-state index contributed by atoms with van der Waals surface area (Å²) in [5.74, 6) is -0.0383. The Morgan fingerprint density at radius 1 is 0.946 bits per heavy atom. The summed E-state index contributed by atoms with van der Waals surface area (Å²) in [5.41, 5.74) is 1.74. The van der Waals surface area contributed by atoms with Gasteiger partial charge in [-0.05, 0) is 79.6 Å². The van der Waals surface area contributed by atoms with Crippen molar-refractivity contribution in [2.75, 3.05) is 30.5 Å². The van der Waals surface area contributed by atoms with Crippen LogP contribution in [0.15, 0.2) is 72.8 Å². The van der Waals surface area contributed by atoms with Crippen LogP contribution in [0.3, 0.4) is 0 Å². The average Bonchev–Trinajstić information content (AvgIpc) is 3.13. The minimum Gasteiger partial charge on any atom is -0.497 e. The second kappa shape index (κ2) is 11.6. The Morgan fingerprint density at radius 2 is 1.59 bits per heavy atom. The zero-order valence-electron chi connectivity index (χ0n) is 20.6. The number of carbonyl (C=O) groups excluding carboxylic acids is 3. The Bertz CT molecular complexity index is 1250. The van der Waals surface area contributed by atoms with Gasteiger partial charge in [-0.3, -0.25) is 9.59 Å². The molecule has 0 radical (unpaired) electrons. The van der Waals surface area contributed by atoms with Crippen LogP contribution in [0.5, 0.6) is 11.5 Å². The molecule has 1 saturated heterocycles. The van der Waals surface area contributed by atoms with Gasteiger partial charge in [0.15, 0.2) is 0 Å². The highest BCUT2D eigenvalue weighted by molar-refractivity contribution is 6.22. The molecule has 4 rings (SSSR count). The van der Waals surface area contributed by atoms with Crippen molar-refractivity contribution in [2.45, 2.75) is 25.8 Å². The third kappa shape index (κ3) is 6.06. The molecule has 0 bridgehead atoms. The van der Waals surface area contributed by atoms with Gasteiger partial charge in [-0.2, -0.15) is 0 Å². The van der Waals surface area contributed by atoms with Gasteiger partial charge in [0.25, 0.3) is 5.91 Å². The molecule has 4 amide bonds. The predicted octanol–water partition coefficient (Wildman–Crippen LogP) is 4.64. The monoisotopic (exact) mass is 505 g/mol. The third-order valence-corrected chi connectivity index (χ3v) is 6.03. The Morgan fingerprint density at radius 3 is 2.22 bits per heavy atom. The highest BCUT2D eigenvalue weighted by atomic mass is 19.1. The van der Waals surface area contributed by atoms with E-state index in [0.717, 1.165) is 10.5 Å². The zero-order chi connectivity index (χ0) is 26.4. The lowest BCUT2D eigenvalue weighted by atomic mass is 10.1. The highest BCUT2D eigenvalue weighted by Gasteiger charge is 2.46. The summed E-state index contributed by atoms with van der Waals surface area (Å²) in [5, 5.41) is 2.78. The van der Waals surface area contributed by atoms with Gasteiger partial charge in [-0.15, -0.1) is 0 Å². The van der Waals surface area contributed by atoms with Crippen LogP contribution in [0.1, 0.15) is 18.9 Å². The van der Waals surface area contributed by atoms with Crippen molar-refractivity contribution in [1.29, 1.82) is 0 Å². The first-order valence-corrected chi connectivity index (χ1v) is 12.0. The van der Waals surface area contributed by atoms with E-state index in [0.29, 0.717) is 30.2 Å². The van der Waals surface area contributed by atoms with E-state index in [1.54, 1.807) is 31.4 Å². The first-order chi connectivity index (χ1) is 17.9. The number of hydrogen-bond donors (Lipinski definition) is 1. The van der Waals surface area contributed by atoms with Crippen LogP contribution < -0.4 is 19.7 Å². The Hall–Kier alpha value is -4.40. The minimum absolute atomic E-state index is 0.218. The molecule has 8 nitrogen and oxygen atoms in total. The van der Waals surface area contributed by atoms with Crippen LogP contribution in [0, 0.1) is 5.82 Å². The Kier molecular flexibility index (Phi) is 8.02. The summed E-state index contributed by atoms with van der Waals surface area (Å²) in [6, 6.07) is 17.8. The number of nitrogens with one attached hydrogen (secondary N) is 1. The lowest BCUT2D eigenvalue weighted by Gasteiger charge is -2.21. The van der Waals surface area contributed by atoms with Crippen LogP contribution in [0.25, 0.3) is 0 Å². The molecule has 1 N–H and O–H groups in total. The molecule has 1 aliphatic rings. The van der Waals surface area contributed by atoms with Crippen LogP contribution in [-0.2, 0) is 16.0 Å². The number of hydrogen-bond acceptors (Lipinski definition) is 5. The van der Waals surface area contributed by atoms with Crippen LogP contribution in [0.2, 0.25) is 0 Å². The molecule has 0 aromatic heterocycles. The molecular weight excluding hydrogens is 477 g/mol. The Balaban J connectivity index is 1.51. The fourth-order valence-corrected chi connectivity index (χ4v) is 4.15. The van der Waals surface area contributed by atoms with E-state index >= 15 is 0 Å². The molecule has 0 spiro atoms. The molecule has 9 heteroatoms. The summed E-state index contributed by atoms with van der Waals surface area (Å²) in [6.45, 7) is 2.63. The lowest BCUT2D eigenvalue weighted by molar-refractivity contribution is -0.124. The number of carbonyl (C=O) groups is 3. The van der Waals surface area contributed by atoms with Gasteiger partial charge >= 0.3 is 6.03 Å². The number of methoxy groups -OCH3 is 1. The minimum atomic E-state index is -1.00. The SMILES string of the molecule is CCOc1ccc(NC(=O)CC2C(=O)N(c3ccc(F)cc3)C(=O)N2CCc2ccc(OC)cc2)cc1. The van der Waals surface area contributed by atoms with E-state index in [1.165, 1.54) is 29.2 Å². The van der Waals surface area contributed by atoms with Crippen molar-refractivity contribution >= 4 is 29.2 Å². The largest absolute Gasteiger partial charge is 0.497 e. The molecule has 37 heavy (non-hydrogen) atoms. The number of rotatable bonds is 10. The van der Waals surface area contributed by atoms with Gasteiger partial charge < -0.3 is 19.7 Å². The molecule has 0 saturated carbocycles. The second-order valence-electron chi connectivity index (χ2n) is 8.45. The maximum atomic E-state index is 13.5. The molecule has 1 aliphatic heterocycles. The fourth-order valence-electron chi connectivity index (χ4n) is 4.15. The number of ether oxygens (including phenoxy) is 2. The maximum absolute atomic E-state index is 13.5. The normalized spacial score (nSPS) is 15.2. The number of urea groups is 1. The van der Waals surface area contributed by atoms with Crippen LogP contribution >= 0.6 is 0 Å². The van der Waals surface area contributed by atoms with Gasteiger partial charge in [0.05, 0.1) is 25.8 Å². The van der Waals surface area contributed by atoms with Gasteiger partial charge in [0, 0.05) is 12.2 Å². The summed E-state index contributed by atoms with van der Waals surface area (Å²) in [4.78, 5) is 42.0. The Labute approximate surface area is 214 Å². The average molecular weight is 506 g/mol. The molecule has 1 atom stereocenters. The number of nitrogens with zero attached hydrogens (tertiary/aromatic N) is 2. The smallest absolute Gasteiger partial charge is 0.332 e. The molecule has 3 aromatic carbocycles. The molecule has 0 aliphatic carbocycles. The number of halogens is 1. The van der Waals surface area contributed by atoms with Gasteiger partial charge in [-0.1, -0.05) is 12.1 Å². The molecule has 192 valence electrons. The van der Waals surface area contributed by atoms with Crippen molar-refractivity contribution in [1.82, 2.24) is 4.90 Å². The highest BCUT2D eigenvalue weighted by Crippen LogP contribution is 2.28. The number of anilines is 2. The van der Waals surface area contributed by atoms with Crippen LogP contribution in [0.4, 0.5) is 20.6 Å². The van der Waals surface area contributed by atoms with Crippen molar-refractivity contribution in [2.24, 2.45) is 0 Å². The van der Waals surface area contributed by atoms with E-state index in [9.17, 15) is 18.8 Å². The first kappa shape index (κ1) is 25.7. The number of amides is 4. The summed E-state index contributed by atoms with van der Waals surface area (Å²) >= 11 is 0. The van der Waals surface area contributed by atoms with Crippen molar-refractivity contribution < 1.29 is 28.2 Å². The quantitative estimate of drug-likeness (QED) is 0.406. The molecular formula is C28H28FN3O5. The lowest BCUT2D eigenvalue weighted by Crippen LogP contribution is -2.39. The van der Waals surface area contributed by atoms with Gasteiger partial charge in [0.1, 0.15) is 23.4 Å². The zero-order valence-corrected chi connectivity index (χ0v) is 20.6. The standard InChI is InChI=1S/C28H28FN3O5/c1-3-37-24-14-8-21(9-15-24)30-26(33)18-25-27(34)32(22-10-6-20(29)7-11-22)28(35)31(25)17-16-19-4-12-23(36-2)13-5-19/h4-15,25H,3,16-18H2,1-2H3,(H,30,33). The number of imide groups is 1. The van der Waals surface area contributed by atoms with E-state index in [-0.39, 0.29) is 18.7 Å². The second-order valence-corrected chi connectivity index (χ2v) is 8.45. The topological polar surface area (TPSA) is 88.2 Å².